The third-order valence-electron chi connectivity index (χ3n) is 1.29. The Kier molecular flexibility index (Phi) is 15.1. The Morgan fingerprint density at radius 1 is 1.25 bits per heavy atom. The van der Waals surface area contributed by atoms with E-state index in [0.29, 0.717) is 0 Å². The summed E-state index contributed by atoms with van der Waals surface area (Å²) in [6, 6.07) is 0. The Morgan fingerprint density at radius 3 is 2.00 bits per heavy atom. The molecule has 0 rings (SSSR count). The van der Waals surface area contributed by atoms with Gasteiger partial charge in [-0.2, -0.15) is 0 Å². The molecule has 16 heavy (non-hydrogen) atoms. The van der Waals surface area contributed by atoms with Crippen LogP contribution in [0.5, 0.6) is 0 Å². The van der Waals surface area contributed by atoms with Crippen molar-refractivity contribution in [1.82, 2.24) is 0 Å². The number of aliphatic hydroxyl groups is 3. The van der Waals surface area contributed by atoms with E-state index in [2.05, 4.69) is 4.52 Å². The molecule has 84 valence electrons. The molecule has 0 amide bonds. The maximum atomic E-state index is 9.92. The number of aliphatic hydroxyl groups excluding tert-OH is 3. The molecule has 0 heterocycles. The summed E-state index contributed by atoms with van der Waals surface area (Å²) in [5.41, 5.74) is 0. The van der Waals surface area contributed by atoms with Crippen molar-refractivity contribution in [2.24, 2.45) is 0 Å². The fraction of sp³-hybridized carbons (Fsp3) is 0.800. The monoisotopic (exact) mass is 274 g/mol. The molecule has 0 unspecified atom stereocenters. The summed E-state index contributed by atoms with van der Waals surface area (Å²) in [6.07, 6.45) is -5.67. The second-order valence-corrected chi connectivity index (χ2v) is 3.58. The molecule has 3 N–H and O–H groups in total. The first-order valence-corrected chi connectivity index (χ1v) is 4.90. The van der Waals surface area contributed by atoms with E-state index in [1.54, 1.807) is 0 Å². The van der Waals surface area contributed by atoms with Gasteiger partial charge in [-0.3, -0.25) is 0 Å². The van der Waals surface area contributed by atoms with E-state index in [9.17, 15) is 19.1 Å². The molecular weight excluding hydrogens is 265 g/mol. The van der Waals surface area contributed by atoms with Crippen LogP contribution in [0.3, 0.4) is 0 Å². The minimum absolute atomic E-state index is 0. The van der Waals surface area contributed by atoms with Crippen LogP contribution in [0.4, 0.5) is 0 Å². The molecule has 0 aliphatic heterocycles. The SMILES string of the molecule is O=C[C@@H](O)[C@H](O)[C@H](O)COP(=O)([O-])[O-].[Na+].[Na+]. The van der Waals surface area contributed by atoms with Crippen LogP contribution < -0.4 is 68.9 Å². The van der Waals surface area contributed by atoms with Gasteiger partial charge in [0.25, 0.3) is 0 Å². The molecule has 0 saturated carbocycles. The van der Waals surface area contributed by atoms with Crippen LogP contribution in [0.15, 0.2) is 0 Å². The summed E-state index contributed by atoms with van der Waals surface area (Å²) in [5.74, 6) is 0. The molecule has 0 fully saturated rings. The van der Waals surface area contributed by atoms with Gasteiger partial charge in [0.1, 0.15) is 18.3 Å². The molecule has 0 saturated heterocycles. The molecule has 0 aliphatic rings. The zero-order valence-electron chi connectivity index (χ0n) is 8.85. The number of rotatable bonds is 6. The van der Waals surface area contributed by atoms with Gasteiger partial charge in [-0.15, -0.1) is 0 Å². The van der Waals surface area contributed by atoms with Gasteiger partial charge in [0.15, 0.2) is 6.29 Å². The second-order valence-electron chi connectivity index (χ2n) is 2.43. The van der Waals surface area contributed by atoms with E-state index in [1.165, 1.54) is 0 Å². The van der Waals surface area contributed by atoms with E-state index >= 15 is 0 Å². The molecule has 0 radical (unpaired) electrons. The Balaban J connectivity index is -0.000000845. The molecule has 0 aromatic carbocycles. The fourth-order valence-corrected chi connectivity index (χ4v) is 0.910. The normalized spacial score (nSPS) is 16.3. The minimum atomic E-state index is -5.24. The van der Waals surface area contributed by atoms with Crippen molar-refractivity contribution >= 4 is 14.1 Å². The zero-order valence-corrected chi connectivity index (χ0v) is 13.7. The van der Waals surface area contributed by atoms with Crippen LogP contribution >= 0.6 is 7.82 Å². The second kappa shape index (κ2) is 10.6. The van der Waals surface area contributed by atoms with E-state index in [4.69, 9.17) is 15.3 Å². The average Bonchev–Trinajstić information content (AvgIpc) is 2.10. The van der Waals surface area contributed by atoms with E-state index < -0.39 is 32.7 Å². The molecule has 0 aromatic rings. The summed E-state index contributed by atoms with van der Waals surface area (Å²) in [4.78, 5) is 29.8. The van der Waals surface area contributed by atoms with Gasteiger partial charge in [-0.05, 0) is 0 Å². The first-order valence-electron chi connectivity index (χ1n) is 3.44. The maximum absolute atomic E-state index is 9.92. The van der Waals surface area contributed by atoms with E-state index in [1.807, 2.05) is 0 Å². The van der Waals surface area contributed by atoms with Crippen molar-refractivity contribution in [2.75, 3.05) is 6.61 Å². The number of phosphoric acid groups is 1. The van der Waals surface area contributed by atoms with Gasteiger partial charge < -0.3 is 39.0 Å². The fourth-order valence-electron chi connectivity index (χ4n) is 0.574. The number of hydrogen-bond acceptors (Lipinski definition) is 8. The zero-order chi connectivity index (χ0) is 11.4. The van der Waals surface area contributed by atoms with Crippen molar-refractivity contribution in [1.29, 1.82) is 0 Å². The van der Waals surface area contributed by atoms with Gasteiger partial charge in [-0.25, -0.2) is 0 Å². The van der Waals surface area contributed by atoms with Crippen LogP contribution in [-0.4, -0.2) is 46.5 Å². The van der Waals surface area contributed by atoms with Crippen LogP contribution in [0, 0.1) is 0 Å². The molecule has 0 aliphatic carbocycles. The smallest absolute Gasteiger partial charge is 0.790 e. The largest absolute Gasteiger partial charge is 1.00 e. The number of aldehydes is 1. The van der Waals surface area contributed by atoms with Crippen molar-refractivity contribution < 1.29 is 98.1 Å². The molecule has 0 spiro atoms. The third kappa shape index (κ3) is 10.8. The number of phosphoric ester groups is 1. The first-order chi connectivity index (χ1) is 6.28. The predicted octanol–water partition coefficient (Wildman–Crippen LogP) is -9.88. The number of carbonyl (C=O) groups is 1. The summed E-state index contributed by atoms with van der Waals surface area (Å²) >= 11 is 0. The van der Waals surface area contributed by atoms with Crippen molar-refractivity contribution in [2.45, 2.75) is 18.3 Å². The summed E-state index contributed by atoms with van der Waals surface area (Å²) < 4.78 is 13.5. The van der Waals surface area contributed by atoms with Gasteiger partial charge >= 0.3 is 59.1 Å². The Bertz CT molecular complexity index is 232. The Morgan fingerprint density at radius 2 is 1.69 bits per heavy atom. The number of hydrogen-bond donors (Lipinski definition) is 3. The molecule has 8 nitrogen and oxygen atoms in total. The minimum Gasteiger partial charge on any atom is -0.790 e. The van der Waals surface area contributed by atoms with E-state index in [-0.39, 0.29) is 65.4 Å². The van der Waals surface area contributed by atoms with Crippen LogP contribution in [0.25, 0.3) is 0 Å². The molecule has 0 aromatic heterocycles. The Hall–Kier alpha value is 1.66. The van der Waals surface area contributed by atoms with Crippen molar-refractivity contribution in [3.63, 3.8) is 0 Å². The number of carbonyl (C=O) groups excluding carboxylic acids is 1. The summed E-state index contributed by atoms with van der Waals surface area (Å²) in [5, 5.41) is 26.4. The van der Waals surface area contributed by atoms with E-state index in [0.717, 1.165) is 0 Å². The van der Waals surface area contributed by atoms with Crippen molar-refractivity contribution in [3.8, 4) is 0 Å². The first kappa shape index (κ1) is 22.8. The summed E-state index contributed by atoms with van der Waals surface area (Å²) in [7, 11) is -5.24. The van der Waals surface area contributed by atoms with Crippen LogP contribution in [0.1, 0.15) is 0 Å². The van der Waals surface area contributed by atoms with Gasteiger partial charge in [0.2, 0.25) is 0 Å². The topological polar surface area (TPSA) is 150 Å². The molecule has 3 atom stereocenters. The standard InChI is InChI=1S/C5H11O8P.2Na/c6-1-3(7)5(9)4(8)2-13-14(10,11)12;;/h1,3-5,7-9H,2H2,(H2,10,11,12);;/q;2*+1/p-2/t3-,4-,5+;;/m1../s1. The van der Waals surface area contributed by atoms with Crippen LogP contribution in [0.2, 0.25) is 0 Å². The Labute approximate surface area is 136 Å². The average molecular weight is 274 g/mol. The quantitative estimate of drug-likeness (QED) is 0.245. The van der Waals surface area contributed by atoms with Crippen LogP contribution in [-0.2, 0) is 13.9 Å². The van der Waals surface area contributed by atoms with Gasteiger partial charge in [0.05, 0.1) is 14.4 Å². The maximum Gasteiger partial charge on any atom is 1.00 e. The third-order valence-corrected chi connectivity index (χ3v) is 1.75. The van der Waals surface area contributed by atoms with Crippen molar-refractivity contribution in [3.05, 3.63) is 0 Å². The van der Waals surface area contributed by atoms with Gasteiger partial charge in [-0.1, -0.05) is 0 Å². The molecule has 11 heteroatoms. The molecule has 0 bridgehead atoms. The van der Waals surface area contributed by atoms with Gasteiger partial charge in [0, 0.05) is 0 Å². The predicted molar refractivity (Wildman–Crippen MR) is 37.6 cm³/mol. The molecular formula is C5H9Na2O8P. The summed E-state index contributed by atoms with van der Waals surface area (Å²) in [6.45, 7) is -1.02.